The summed E-state index contributed by atoms with van der Waals surface area (Å²) in [5.41, 5.74) is 1.23. The van der Waals surface area contributed by atoms with Gasteiger partial charge < -0.3 is 14.5 Å². The van der Waals surface area contributed by atoms with E-state index in [2.05, 4.69) is 14.7 Å². The number of hydrogen-bond acceptors (Lipinski definition) is 4. The van der Waals surface area contributed by atoms with Gasteiger partial charge >= 0.3 is 5.97 Å². The van der Waals surface area contributed by atoms with Gasteiger partial charge in [0.1, 0.15) is 17.3 Å². The molecule has 106 valence electrons. The van der Waals surface area contributed by atoms with Gasteiger partial charge in [-0.15, -0.1) is 0 Å². The fourth-order valence-corrected chi connectivity index (χ4v) is 2.33. The van der Waals surface area contributed by atoms with Crippen molar-refractivity contribution in [2.45, 2.75) is 0 Å². The van der Waals surface area contributed by atoms with Crippen molar-refractivity contribution >= 4 is 16.7 Å². The normalized spacial score (nSPS) is 10.6. The fraction of sp³-hybridized carbons (Fsp3) is 0.125. The molecule has 3 rings (SSSR count). The van der Waals surface area contributed by atoms with E-state index in [1.54, 1.807) is 7.11 Å². The maximum Gasteiger partial charge on any atom is 0.356 e. The van der Waals surface area contributed by atoms with Crippen molar-refractivity contribution in [3.63, 3.8) is 0 Å². The number of aromatic amines is 1. The van der Waals surface area contributed by atoms with Crippen LogP contribution in [0.5, 0.6) is 5.75 Å². The van der Waals surface area contributed by atoms with Crippen LogP contribution in [-0.2, 0) is 4.74 Å². The molecule has 0 spiro atoms. The molecule has 5 heteroatoms. The third kappa shape index (κ3) is 2.23. The van der Waals surface area contributed by atoms with E-state index in [0.717, 1.165) is 22.1 Å². The summed E-state index contributed by atoms with van der Waals surface area (Å²) < 4.78 is 10.1. The Kier molecular flexibility index (Phi) is 3.31. The molecule has 0 saturated carbocycles. The zero-order valence-corrected chi connectivity index (χ0v) is 11.7. The van der Waals surface area contributed by atoms with E-state index in [1.807, 2.05) is 36.4 Å². The molecule has 0 aliphatic carbocycles. The molecule has 0 aliphatic rings. The number of nitrogens with zero attached hydrogens (tertiary/aromatic N) is 1. The second-order valence-electron chi connectivity index (χ2n) is 4.50. The topological polar surface area (TPSA) is 64.2 Å². The molecule has 0 amide bonds. The van der Waals surface area contributed by atoms with Gasteiger partial charge in [0, 0.05) is 10.9 Å². The first-order valence-electron chi connectivity index (χ1n) is 6.44. The summed E-state index contributed by atoms with van der Waals surface area (Å²) in [5, 5.41) is 2.00. The highest BCUT2D eigenvalue weighted by atomic mass is 16.5. The van der Waals surface area contributed by atoms with E-state index in [4.69, 9.17) is 4.74 Å². The summed E-state index contributed by atoms with van der Waals surface area (Å²) in [6.07, 6.45) is 1.47. The largest absolute Gasteiger partial charge is 0.496 e. The maximum absolute atomic E-state index is 11.5. The van der Waals surface area contributed by atoms with Crippen LogP contribution >= 0.6 is 0 Å². The molecule has 1 N–H and O–H groups in total. The molecule has 0 aliphatic heterocycles. The molecule has 1 heterocycles. The Morgan fingerprint density at radius 2 is 1.86 bits per heavy atom. The minimum Gasteiger partial charge on any atom is -0.496 e. The highest BCUT2D eigenvalue weighted by Gasteiger charge is 2.13. The Labute approximate surface area is 121 Å². The summed E-state index contributed by atoms with van der Waals surface area (Å²) in [6.45, 7) is 0. The number of imidazole rings is 1. The zero-order valence-electron chi connectivity index (χ0n) is 11.7. The van der Waals surface area contributed by atoms with Crippen molar-refractivity contribution in [3.8, 4) is 17.1 Å². The lowest BCUT2D eigenvalue weighted by atomic mass is 10.0. The summed E-state index contributed by atoms with van der Waals surface area (Å²) in [7, 11) is 2.98. The van der Waals surface area contributed by atoms with Crippen molar-refractivity contribution in [3.05, 3.63) is 48.3 Å². The van der Waals surface area contributed by atoms with Crippen molar-refractivity contribution < 1.29 is 14.3 Å². The summed E-state index contributed by atoms with van der Waals surface area (Å²) in [4.78, 5) is 18.8. The van der Waals surface area contributed by atoms with Crippen LogP contribution in [0.3, 0.4) is 0 Å². The maximum atomic E-state index is 11.5. The smallest absolute Gasteiger partial charge is 0.356 e. The van der Waals surface area contributed by atoms with Gasteiger partial charge in [0.15, 0.2) is 0 Å². The van der Waals surface area contributed by atoms with Gasteiger partial charge in [0.2, 0.25) is 0 Å². The molecule has 0 atom stereocenters. The number of ether oxygens (including phenoxy) is 2. The highest BCUT2D eigenvalue weighted by Crippen LogP contribution is 2.33. The second-order valence-corrected chi connectivity index (χ2v) is 4.50. The molecule has 5 nitrogen and oxygen atoms in total. The predicted molar refractivity (Wildman–Crippen MR) is 79.4 cm³/mol. The quantitative estimate of drug-likeness (QED) is 0.750. The van der Waals surface area contributed by atoms with Gasteiger partial charge in [-0.05, 0) is 17.5 Å². The number of benzene rings is 2. The number of fused-ring (bicyclic) bond motifs is 1. The Hall–Kier alpha value is -2.82. The highest BCUT2D eigenvalue weighted by molar-refractivity contribution is 5.99. The lowest BCUT2D eigenvalue weighted by molar-refractivity contribution is 0.0595. The first-order valence-corrected chi connectivity index (χ1v) is 6.44. The molecular formula is C16H14N2O3. The average molecular weight is 282 g/mol. The van der Waals surface area contributed by atoms with Crippen molar-refractivity contribution in [1.29, 1.82) is 0 Å². The van der Waals surface area contributed by atoms with Crippen LogP contribution in [0.4, 0.5) is 0 Å². The molecule has 0 radical (unpaired) electrons. The first-order chi connectivity index (χ1) is 10.2. The van der Waals surface area contributed by atoms with Crippen molar-refractivity contribution in [1.82, 2.24) is 9.97 Å². The van der Waals surface area contributed by atoms with Gasteiger partial charge in [0.05, 0.1) is 20.4 Å². The van der Waals surface area contributed by atoms with E-state index >= 15 is 0 Å². The lowest BCUT2D eigenvalue weighted by Gasteiger charge is -2.08. The molecule has 0 unspecified atom stereocenters. The SMILES string of the molecule is COC(=O)c1cnc(-c2ccc(OC)c3ccccc23)[nH]1. The lowest BCUT2D eigenvalue weighted by Crippen LogP contribution is -2.01. The van der Waals surface area contributed by atoms with Crippen LogP contribution in [0, 0.1) is 0 Å². The van der Waals surface area contributed by atoms with E-state index < -0.39 is 5.97 Å². The van der Waals surface area contributed by atoms with E-state index in [1.165, 1.54) is 13.3 Å². The Balaban J connectivity index is 2.17. The average Bonchev–Trinajstić information content (AvgIpc) is 3.02. The number of carbonyl (C=O) groups is 1. The van der Waals surface area contributed by atoms with Gasteiger partial charge in [-0.3, -0.25) is 0 Å². The van der Waals surface area contributed by atoms with E-state index in [-0.39, 0.29) is 0 Å². The molecule has 0 saturated heterocycles. The standard InChI is InChI=1S/C16H14N2O3/c1-20-14-8-7-12(10-5-3-4-6-11(10)14)15-17-9-13(18-15)16(19)21-2/h3-9H,1-2H3,(H,17,18). The predicted octanol–water partition coefficient (Wildman–Crippen LogP) is 3.03. The number of esters is 1. The van der Waals surface area contributed by atoms with Crippen LogP contribution in [0.2, 0.25) is 0 Å². The third-order valence-electron chi connectivity index (χ3n) is 3.34. The van der Waals surface area contributed by atoms with Crippen molar-refractivity contribution in [2.24, 2.45) is 0 Å². The fourth-order valence-electron chi connectivity index (χ4n) is 2.33. The minimum atomic E-state index is -0.438. The van der Waals surface area contributed by atoms with Crippen LogP contribution in [0.15, 0.2) is 42.6 Å². The number of hydrogen-bond donors (Lipinski definition) is 1. The first kappa shape index (κ1) is 13.2. The van der Waals surface area contributed by atoms with Crippen LogP contribution in [0.1, 0.15) is 10.5 Å². The number of H-pyrrole nitrogens is 1. The van der Waals surface area contributed by atoms with Gasteiger partial charge in [0.25, 0.3) is 0 Å². The molecule has 2 aromatic carbocycles. The molecule has 1 aromatic heterocycles. The molecule has 0 fully saturated rings. The van der Waals surface area contributed by atoms with Gasteiger partial charge in [-0.1, -0.05) is 24.3 Å². The Morgan fingerprint density at radius 1 is 1.10 bits per heavy atom. The molecule has 0 bridgehead atoms. The van der Waals surface area contributed by atoms with Crippen LogP contribution < -0.4 is 4.74 Å². The van der Waals surface area contributed by atoms with Crippen molar-refractivity contribution in [2.75, 3.05) is 14.2 Å². The van der Waals surface area contributed by atoms with E-state index in [0.29, 0.717) is 11.5 Å². The summed E-state index contributed by atoms with van der Waals surface area (Å²) in [6, 6.07) is 11.7. The van der Waals surface area contributed by atoms with E-state index in [9.17, 15) is 4.79 Å². The Bertz CT molecular complexity index is 808. The molecular weight excluding hydrogens is 268 g/mol. The zero-order chi connectivity index (χ0) is 14.8. The summed E-state index contributed by atoms with van der Waals surface area (Å²) in [5.74, 6) is 0.981. The number of methoxy groups -OCH3 is 2. The molecule has 21 heavy (non-hydrogen) atoms. The second kappa shape index (κ2) is 5.28. The minimum absolute atomic E-state index is 0.326. The summed E-state index contributed by atoms with van der Waals surface area (Å²) >= 11 is 0. The number of nitrogens with one attached hydrogen (secondary N) is 1. The number of rotatable bonds is 3. The van der Waals surface area contributed by atoms with Gasteiger partial charge in [-0.2, -0.15) is 0 Å². The van der Waals surface area contributed by atoms with Crippen LogP contribution in [-0.4, -0.2) is 30.2 Å². The number of aromatic nitrogens is 2. The molecule has 3 aromatic rings. The Morgan fingerprint density at radius 3 is 2.57 bits per heavy atom. The van der Waals surface area contributed by atoms with Crippen LogP contribution in [0.25, 0.3) is 22.2 Å². The monoisotopic (exact) mass is 282 g/mol. The van der Waals surface area contributed by atoms with Gasteiger partial charge in [-0.25, -0.2) is 9.78 Å². The number of carbonyl (C=O) groups excluding carboxylic acids is 1. The third-order valence-corrected chi connectivity index (χ3v) is 3.34.